The number of alkyl carbamates (subject to hydrolysis) is 1. The van der Waals surface area contributed by atoms with Crippen molar-refractivity contribution in [1.29, 1.82) is 0 Å². The van der Waals surface area contributed by atoms with E-state index < -0.39 is 18.1 Å². The molecule has 1 aliphatic rings. The highest BCUT2D eigenvalue weighted by molar-refractivity contribution is 5.79. The third-order valence-corrected chi connectivity index (χ3v) is 4.52. The lowest BCUT2D eigenvalue weighted by atomic mass is 9.75. The first-order valence-corrected chi connectivity index (χ1v) is 8.40. The van der Waals surface area contributed by atoms with Crippen LogP contribution >= 0.6 is 0 Å². The maximum Gasteiger partial charge on any atom is 0.408 e. The van der Waals surface area contributed by atoms with E-state index in [0.717, 1.165) is 19.3 Å². The number of carboxylic acids is 1. The number of carbonyl (C=O) groups is 2. The predicted molar refractivity (Wildman–Crippen MR) is 85.6 cm³/mol. The molecule has 0 aromatic rings. The smallest absolute Gasteiger partial charge is 0.408 e. The molecule has 1 amide bonds. The lowest BCUT2D eigenvalue weighted by Crippen LogP contribution is -2.45. The molecule has 0 saturated heterocycles. The van der Waals surface area contributed by atoms with Gasteiger partial charge in [0.1, 0.15) is 12.1 Å². The third kappa shape index (κ3) is 5.85. The Bertz CT molecular complexity index is 381. The van der Waals surface area contributed by atoms with Crippen LogP contribution in [0.3, 0.4) is 0 Å². The molecule has 5 nitrogen and oxygen atoms in total. The van der Waals surface area contributed by atoms with Crippen LogP contribution in [0.5, 0.6) is 0 Å². The Kier molecular flexibility index (Phi) is 7.17. The van der Waals surface area contributed by atoms with Crippen LogP contribution in [-0.4, -0.2) is 29.3 Å². The molecule has 0 aliphatic heterocycles. The van der Waals surface area contributed by atoms with Crippen LogP contribution in [0.25, 0.3) is 0 Å². The summed E-state index contributed by atoms with van der Waals surface area (Å²) in [5.74, 6) is 0.535. The molecule has 0 heterocycles. The Morgan fingerprint density at radius 2 is 1.86 bits per heavy atom. The molecule has 0 bridgehead atoms. The molecule has 0 aromatic heterocycles. The summed E-state index contributed by atoms with van der Waals surface area (Å²) in [6, 6.07) is -0.883. The normalized spacial score (nSPS) is 26.8. The summed E-state index contributed by atoms with van der Waals surface area (Å²) in [6.45, 7) is 10.3. The minimum Gasteiger partial charge on any atom is -0.480 e. The Morgan fingerprint density at radius 3 is 2.36 bits per heavy atom. The molecule has 128 valence electrons. The van der Waals surface area contributed by atoms with Gasteiger partial charge in [-0.25, -0.2) is 9.59 Å². The number of carboxylic acid groups (broad SMARTS) is 1. The number of carbonyl (C=O) groups excluding carboxylic acids is 1. The Balaban J connectivity index is 2.62. The molecule has 0 aromatic carbocycles. The van der Waals surface area contributed by atoms with Gasteiger partial charge in [0.2, 0.25) is 0 Å². The maximum absolute atomic E-state index is 12.1. The van der Waals surface area contributed by atoms with Gasteiger partial charge >= 0.3 is 12.1 Å². The van der Waals surface area contributed by atoms with Gasteiger partial charge in [-0.1, -0.05) is 41.0 Å². The minimum absolute atomic E-state index is 0.114. The molecule has 1 aliphatic carbocycles. The SMILES string of the molecule is CC(C)CC(NC(=O)OC1C[C@@H](C)CC[C@@H]1C(C)C)C(=O)O. The number of amides is 1. The average molecular weight is 313 g/mol. The van der Waals surface area contributed by atoms with E-state index in [2.05, 4.69) is 26.1 Å². The monoisotopic (exact) mass is 313 g/mol. The van der Waals surface area contributed by atoms with E-state index in [1.54, 1.807) is 0 Å². The third-order valence-electron chi connectivity index (χ3n) is 4.52. The Hall–Kier alpha value is -1.26. The second-order valence-corrected chi connectivity index (χ2v) is 7.43. The molecule has 0 spiro atoms. The quantitative estimate of drug-likeness (QED) is 0.784. The Morgan fingerprint density at radius 1 is 1.23 bits per heavy atom. The molecule has 4 atom stereocenters. The fourth-order valence-corrected chi connectivity index (χ4v) is 3.26. The van der Waals surface area contributed by atoms with Gasteiger partial charge in [-0.15, -0.1) is 0 Å². The van der Waals surface area contributed by atoms with E-state index >= 15 is 0 Å². The van der Waals surface area contributed by atoms with E-state index in [9.17, 15) is 14.7 Å². The van der Waals surface area contributed by atoms with Crippen LogP contribution < -0.4 is 5.32 Å². The zero-order valence-corrected chi connectivity index (χ0v) is 14.5. The van der Waals surface area contributed by atoms with Gasteiger partial charge in [0.15, 0.2) is 0 Å². The second kappa shape index (κ2) is 8.39. The van der Waals surface area contributed by atoms with E-state index in [1.165, 1.54) is 0 Å². The highest BCUT2D eigenvalue weighted by atomic mass is 16.6. The number of hydrogen-bond acceptors (Lipinski definition) is 3. The van der Waals surface area contributed by atoms with Crippen molar-refractivity contribution < 1.29 is 19.4 Å². The van der Waals surface area contributed by atoms with E-state index in [-0.39, 0.29) is 12.0 Å². The first-order valence-electron chi connectivity index (χ1n) is 8.40. The van der Waals surface area contributed by atoms with E-state index in [0.29, 0.717) is 24.2 Å². The summed E-state index contributed by atoms with van der Waals surface area (Å²) < 4.78 is 5.58. The zero-order chi connectivity index (χ0) is 16.9. The second-order valence-electron chi connectivity index (χ2n) is 7.43. The van der Waals surface area contributed by atoms with Gasteiger partial charge in [-0.3, -0.25) is 0 Å². The van der Waals surface area contributed by atoms with E-state index in [1.807, 2.05) is 13.8 Å². The molecule has 1 fully saturated rings. The standard InChI is InChI=1S/C17H31NO4/c1-10(2)8-14(16(19)20)18-17(21)22-15-9-12(5)6-7-13(15)11(3)4/h10-15H,6-9H2,1-5H3,(H,18,21)(H,19,20)/t12-,13+,14?,15?/m0/s1. The summed E-state index contributed by atoms with van der Waals surface area (Å²) in [6.07, 6.45) is 2.77. The van der Waals surface area contributed by atoms with Crippen molar-refractivity contribution >= 4 is 12.1 Å². The molecule has 5 heteroatoms. The van der Waals surface area contributed by atoms with Crippen LogP contribution in [0, 0.1) is 23.7 Å². The van der Waals surface area contributed by atoms with Gasteiger partial charge in [0.25, 0.3) is 0 Å². The first kappa shape index (κ1) is 18.8. The number of hydrogen-bond donors (Lipinski definition) is 2. The van der Waals surface area contributed by atoms with Crippen LogP contribution in [0.4, 0.5) is 4.79 Å². The van der Waals surface area contributed by atoms with Crippen LogP contribution in [0.15, 0.2) is 0 Å². The average Bonchev–Trinajstić information content (AvgIpc) is 2.36. The zero-order valence-electron chi connectivity index (χ0n) is 14.5. The minimum atomic E-state index is -1.01. The largest absolute Gasteiger partial charge is 0.480 e. The highest BCUT2D eigenvalue weighted by Gasteiger charge is 2.34. The van der Waals surface area contributed by atoms with Gasteiger partial charge in [0.05, 0.1) is 0 Å². The van der Waals surface area contributed by atoms with Crippen molar-refractivity contribution in [2.75, 3.05) is 0 Å². The van der Waals surface area contributed by atoms with Crippen LogP contribution in [-0.2, 0) is 9.53 Å². The van der Waals surface area contributed by atoms with Crippen molar-refractivity contribution in [3.8, 4) is 0 Å². The summed E-state index contributed by atoms with van der Waals surface area (Å²) >= 11 is 0. The lowest BCUT2D eigenvalue weighted by Gasteiger charge is -2.36. The van der Waals surface area contributed by atoms with E-state index in [4.69, 9.17) is 4.74 Å². The van der Waals surface area contributed by atoms with Crippen LogP contribution in [0.1, 0.15) is 60.3 Å². The van der Waals surface area contributed by atoms with Crippen molar-refractivity contribution in [3.05, 3.63) is 0 Å². The topological polar surface area (TPSA) is 75.6 Å². The molecular weight excluding hydrogens is 282 g/mol. The van der Waals surface area contributed by atoms with Gasteiger partial charge in [-0.05, 0) is 42.9 Å². The van der Waals surface area contributed by atoms with Crippen molar-refractivity contribution in [2.24, 2.45) is 23.7 Å². The van der Waals surface area contributed by atoms with Gasteiger partial charge in [-0.2, -0.15) is 0 Å². The van der Waals surface area contributed by atoms with Crippen molar-refractivity contribution in [3.63, 3.8) is 0 Å². The molecule has 0 radical (unpaired) electrons. The van der Waals surface area contributed by atoms with Gasteiger partial charge < -0.3 is 15.2 Å². The van der Waals surface area contributed by atoms with Gasteiger partial charge in [0, 0.05) is 0 Å². The summed E-state index contributed by atoms with van der Waals surface area (Å²) in [7, 11) is 0. The lowest BCUT2D eigenvalue weighted by molar-refractivity contribution is -0.139. The Labute approximate surface area is 133 Å². The molecule has 22 heavy (non-hydrogen) atoms. The number of aliphatic carboxylic acids is 1. The summed E-state index contributed by atoms with van der Waals surface area (Å²) in [5, 5.41) is 11.7. The molecule has 1 saturated carbocycles. The maximum atomic E-state index is 12.1. The fraction of sp³-hybridized carbons (Fsp3) is 0.882. The summed E-state index contributed by atoms with van der Waals surface area (Å²) in [4.78, 5) is 23.3. The molecule has 1 rings (SSSR count). The molecule has 2 unspecified atom stereocenters. The number of nitrogens with one attached hydrogen (secondary N) is 1. The predicted octanol–water partition coefficient (Wildman–Crippen LogP) is 3.67. The van der Waals surface area contributed by atoms with Crippen LogP contribution in [0.2, 0.25) is 0 Å². The highest BCUT2D eigenvalue weighted by Crippen LogP contribution is 2.35. The fourth-order valence-electron chi connectivity index (χ4n) is 3.26. The number of ether oxygens (including phenoxy) is 1. The van der Waals surface area contributed by atoms with Crippen molar-refractivity contribution in [2.45, 2.75) is 72.4 Å². The summed E-state index contributed by atoms with van der Waals surface area (Å²) in [5.41, 5.74) is 0. The molecular formula is C17H31NO4. The number of rotatable bonds is 6. The first-order chi connectivity index (χ1) is 10.2. The van der Waals surface area contributed by atoms with Crippen molar-refractivity contribution in [1.82, 2.24) is 5.32 Å². The molecule has 2 N–H and O–H groups in total.